The number of rotatable bonds is 3. The van der Waals surface area contributed by atoms with E-state index < -0.39 is 11.9 Å². The summed E-state index contributed by atoms with van der Waals surface area (Å²) in [5.41, 5.74) is 9.50. The van der Waals surface area contributed by atoms with E-state index in [1.165, 1.54) is 4.91 Å². The van der Waals surface area contributed by atoms with Crippen LogP contribution in [-0.2, 0) is 11.3 Å². The Bertz CT molecular complexity index is 915. The summed E-state index contributed by atoms with van der Waals surface area (Å²) < 4.78 is 0. The van der Waals surface area contributed by atoms with Gasteiger partial charge < -0.3 is 10.8 Å². The summed E-state index contributed by atoms with van der Waals surface area (Å²) in [5, 5.41) is 12.3. The molecular weight excluding hydrogens is 342 g/mol. The second-order valence-corrected chi connectivity index (χ2v) is 9.44. The van der Waals surface area contributed by atoms with Gasteiger partial charge in [0.1, 0.15) is 0 Å². The summed E-state index contributed by atoms with van der Waals surface area (Å²) in [6.45, 7) is 4.99. The molecule has 0 saturated heterocycles. The van der Waals surface area contributed by atoms with Crippen LogP contribution >= 0.6 is 11.8 Å². The molecule has 2 aliphatic rings. The molecule has 2 aromatic rings. The lowest BCUT2D eigenvalue weighted by molar-refractivity contribution is -0.140. The Morgan fingerprint density at radius 2 is 1.96 bits per heavy atom. The van der Waals surface area contributed by atoms with Crippen LogP contribution in [0.5, 0.6) is 0 Å². The molecule has 136 valence electrons. The third-order valence-corrected chi connectivity index (χ3v) is 7.37. The Kier molecular flexibility index (Phi) is 4.36. The van der Waals surface area contributed by atoms with Crippen molar-refractivity contribution in [3.05, 3.63) is 58.0 Å². The minimum atomic E-state index is -0.697. The molecule has 0 spiro atoms. The van der Waals surface area contributed by atoms with Crippen molar-refractivity contribution in [2.45, 2.75) is 44.9 Å². The van der Waals surface area contributed by atoms with Gasteiger partial charge in [-0.15, -0.1) is 11.8 Å². The van der Waals surface area contributed by atoms with E-state index in [0.717, 1.165) is 46.7 Å². The van der Waals surface area contributed by atoms with E-state index >= 15 is 0 Å². The van der Waals surface area contributed by atoms with Gasteiger partial charge in [0.05, 0.1) is 11.2 Å². The number of nitrogens with two attached hydrogens (primary N) is 1. The molecule has 4 rings (SSSR count). The van der Waals surface area contributed by atoms with Crippen LogP contribution in [0.25, 0.3) is 10.8 Å². The van der Waals surface area contributed by atoms with Gasteiger partial charge in [-0.25, -0.2) is 0 Å². The highest BCUT2D eigenvalue weighted by Gasteiger charge is 2.45. The number of carboxylic acid groups (broad SMARTS) is 1. The molecule has 0 aromatic heterocycles. The molecule has 1 aliphatic carbocycles. The molecule has 0 saturated carbocycles. The Labute approximate surface area is 158 Å². The number of carbonyl (C=O) groups is 1. The van der Waals surface area contributed by atoms with Gasteiger partial charge in [0.15, 0.2) is 0 Å². The summed E-state index contributed by atoms with van der Waals surface area (Å²) in [5.74, 6) is -1.13. The largest absolute Gasteiger partial charge is 0.481 e. The van der Waals surface area contributed by atoms with Gasteiger partial charge in [-0.1, -0.05) is 50.2 Å². The van der Waals surface area contributed by atoms with Gasteiger partial charge in [-0.2, -0.15) is 0 Å². The summed E-state index contributed by atoms with van der Waals surface area (Å²) in [6, 6.07) is 12.4. The van der Waals surface area contributed by atoms with Crippen molar-refractivity contribution < 1.29 is 9.90 Å². The summed E-state index contributed by atoms with van der Waals surface area (Å²) >= 11 is 1.78. The zero-order valence-corrected chi connectivity index (χ0v) is 16.1. The van der Waals surface area contributed by atoms with Crippen LogP contribution < -0.4 is 5.73 Å². The first-order valence-electron chi connectivity index (χ1n) is 9.23. The van der Waals surface area contributed by atoms with Crippen LogP contribution in [0.1, 0.15) is 49.5 Å². The molecule has 0 fully saturated rings. The van der Waals surface area contributed by atoms with E-state index in [1.54, 1.807) is 11.8 Å². The first kappa shape index (κ1) is 17.6. The predicted octanol–water partition coefficient (Wildman–Crippen LogP) is 5.25. The maximum atomic E-state index is 12.2. The fourth-order valence-electron chi connectivity index (χ4n) is 4.47. The summed E-state index contributed by atoms with van der Waals surface area (Å²) in [4.78, 5) is 13.6. The minimum Gasteiger partial charge on any atom is -0.481 e. The molecule has 1 aliphatic heterocycles. The quantitative estimate of drug-likeness (QED) is 0.777. The average Bonchev–Trinajstić information content (AvgIpc) is 2.98. The lowest BCUT2D eigenvalue weighted by Crippen LogP contribution is -2.25. The standard InChI is InChI=1S/C22H25NO2S/c1-22(2)10-9-18-17(11-22)19(21(24)25)20(26-18)16-8-7-13(12-23)14-5-3-4-6-15(14)16/h3-8,19-20H,9-12,23H2,1-2H3,(H,24,25). The van der Waals surface area contributed by atoms with E-state index in [4.69, 9.17) is 5.73 Å². The summed E-state index contributed by atoms with van der Waals surface area (Å²) in [7, 11) is 0. The van der Waals surface area contributed by atoms with Crippen LogP contribution in [0.2, 0.25) is 0 Å². The van der Waals surface area contributed by atoms with Crippen molar-refractivity contribution in [3.63, 3.8) is 0 Å². The van der Waals surface area contributed by atoms with Crippen molar-refractivity contribution in [2.75, 3.05) is 0 Å². The molecule has 2 atom stereocenters. The van der Waals surface area contributed by atoms with Crippen molar-refractivity contribution in [3.8, 4) is 0 Å². The molecule has 26 heavy (non-hydrogen) atoms. The zero-order valence-electron chi connectivity index (χ0n) is 15.3. The highest BCUT2D eigenvalue weighted by molar-refractivity contribution is 8.03. The number of fused-ring (bicyclic) bond motifs is 1. The lowest BCUT2D eigenvalue weighted by Gasteiger charge is -2.31. The second-order valence-electron chi connectivity index (χ2n) is 8.21. The third-order valence-electron chi connectivity index (χ3n) is 5.84. The molecule has 1 heterocycles. The molecule has 0 bridgehead atoms. The number of thioether (sulfide) groups is 1. The molecule has 3 N–H and O–H groups in total. The predicted molar refractivity (Wildman–Crippen MR) is 108 cm³/mol. The highest BCUT2D eigenvalue weighted by Crippen LogP contribution is 2.59. The first-order chi connectivity index (χ1) is 12.4. The van der Waals surface area contributed by atoms with Crippen LogP contribution in [0.15, 0.2) is 46.9 Å². The summed E-state index contributed by atoms with van der Waals surface area (Å²) in [6.07, 6.45) is 3.03. The monoisotopic (exact) mass is 367 g/mol. The topological polar surface area (TPSA) is 63.3 Å². The van der Waals surface area contributed by atoms with Gasteiger partial charge in [0.2, 0.25) is 0 Å². The Morgan fingerprint density at radius 1 is 1.23 bits per heavy atom. The van der Waals surface area contributed by atoms with Crippen LogP contribution in [0.4, 0.5) is 0 Å². The first-order valence-corrected chi connectivity index (χ1v) is 10.1. The number of allylic oxidation sites excluding steroid dienone is 1. The van der Waals surface area contributed by atoms with Crippen LogP contribution in [-0.4, -0.2) is 11.1 Å². The fourth-order valence-corrected chi connectivity index (χ4v) is 6.10. The van der Waals surface area contributed by atoms with Crippen molar-refractivity contribution in [1.29, 1.82) is 0 Å². The number of carboxylic acids is 1. The highest BCUT2D eigenvalue weighted by atomic mass is 32.2. The maximum absolute atomic E-state index is 12.2. The maximum Gasteiger partial charge on any atom is 0.312 e. The average molecular weight is 368 g/mol. The van der Waals surface area contributed by atoms with Gasteiger partial charge in [0.25, 0.3) is 0 Å². The molecule has 0 amide bonds. The Balaban J connectivity index is 1.82. The van der Waals surface area contributed by atoms with Crippen LogP contribution in [0, 0.1) is 11.3 Å². The van der Waals surface area contributed by atoms with Gasteiger partial charge >= 0.3 is 5.97 Å². The van der Waals surface area contributed by atoms with Gasteiger partial charge in [-0.05, 0) is 57.1 Å². The van der Waals surface area contributed by atoms with Gasteiger partial charge in [0, 0.05) is 6.54 Å². The van der Waals surface area contributed by atoms with E-state index in [-0.39, 0.29) is 10.7 Å². The fraction of sp³-hybridized carbons (Fsp3) is 0.409. The molecule has 2 unspecified atom stereocenters. The molecule has 2 aromatic carbocycles. The van der Waals surface area contributed by atoms with E-state index in [2.05, 4.69) is 38.1 Å². The molecular formula is C22H25NO2S. The smallest absolute Gasteiger partial charge is 0.312 e. The zero-order chi connectivity index (χ0) is 18.5. The number of hydrogen-bond donors (Lipinski definition) is 2. The number of hydrogen-bond acceptors (Lipinski definition) is 3. The minimum absolute atomic E-state index is 0.0527. The van der Waals surface area contributed by atoms with Gasteiger partial charge in [-0.3, -0.25) is 4.79 Å². The van der Waals surface area contributed by atoms with Crippen LogP contribution in [0.3, 0.4) is 0 Å². The molecule has 0 radical (unpaired) electrons. The molecule has 3 nitrogen and oxygen atoms in total. The SMILES string of the molecule is CC1(C)CCC2=C(C1)C(C(=O)O)C(c1ccc(CN)c3ccccc13)S2. The molecule has 4 heteroatoms. The van der Waals surface area contributed by atoms with Crippen molar-refractivity contribution in [1.82, 2.24) is 0 Å². The second kappa shape index (κ2) is 6.43. The Hall–Kier alpha value is -1.78. The normalized spacial score (nSPS) is 24.7. The number of benzene rings is 2. The number of aliphatic carboxylic acids is 1. The lowest BCUT2D eigenvalue weighted by atomic mass is 9.73. The van der Waals surface area contributed by atoms with E-state index in [9.17, 15) is 9.90 Å². The van der Waals surface area contributed by atoms with E-state index in [1.807, 2.05) is 12.1 Å². The van der Waals surface area contributed by atoms with Crippen molar-refractivity contribution in [2.24, 2.45) is 17.1 Å². The third kappa shape index (κ3) is 2.85. The van der Waals surface area contributed by atoms with Crippen molar-refractivity contribution >= 4 is 28.5 Å². The Morgan fingerprint density at radius 3 is 2.65 bits per heavy atom. The van der Waals surface area contributed by atoms with E-state index in [0.29, 0.717) is 6.54 Å².